The number of aromatic nitrogens is 2. The lowest BCUT2D eigenvalue weighted by atomic mass is 10.2. The number of nitrogens with zero attached hydrogens (tertiary/aromatic N) is 2. The Hall–Kier alpha value is -1.72. The topological polar surface area (TPSA) is 65.4 Å². The zero-order valence-corrected chi connectivity index (χ0v) is 10.3. The van der Waals surface area contributed by atoms with Gasteiger partial charge in [0.15, 0.2) is 0 Å². The summed E-state index contributed by atoms with van der Waals surface area (Å²) in [5.74, 6) is 0.737. The van der Waals surface area contributed by atoms with Gasteiger partial charge < -0.3 is 14.8 Å². The SMILES string of the molecule is CC(C)(C)OC(=O)NCC1COc2ccnn21. The van der Waals surface area contributed by atoms with Gasteiger partial charge in [0.05, 0.1) is 6.20 Å². The molecular weight excluding hydrogens is 222 g/mol. The molecule has 0 bridgehead atoms. The summed E-state index contributed by atoms with van der Waals surface area (Å²) in [6.07, 6.45) is 1.26. The fraction of sp³-hybridized carbons (Fsp3) is 0.636. The highest BCUT2D eigenvalue weighted by Crippen LogP contribution is 2.23. The molecule has 1 aromatic rings. The van der Waals surface area contributed by atoms with Crippen molar-refractivity contribution in [2.45, 2.75) is 32.4 Å². The van der Waals surface area contributed by atoms with Crippen molar-refractivity contribution in [2.75, 3.05) is 13.2 Å². The van der Waals surface area contributed by atoms with Gasteiger partial charge in [-0.05, 0) is 20.8 Å². The highest BCUT2D eigenvalue weighted by Gasteiger charge is 2.25. The molecule has 2 heterocycles. The molecule has 2 rings (SSSR count). The van der Waals surface area contributed by atoms with Gasteiger partial charge in [-0.2, -0.15) is 5.10 Å². The summed E-state index contributed by atoms with van der Waals surface area (Å²) in [7, 11) is 0. The van der Waals surface area contributed by atoms with Crippen molar-refractivity contribution in [2.24, 2.45) is 0 Å². The molecule has 0 saturated heterocycles. The second-order valence-corrected chi connectivity index (χ2v) is 4.96. The Balaban J connectivity index is 1.82. The lowest BCUT2D eigenvalue weighted by Gasteiger charge is -2.20. The van der Waals surface area contributed by atoms with Crippen molar-refractivity contribution in [3.8, 4) is 5.88 Å². The van der Waals surface area contributed by atoms with Gasteiger partial charge in [0.25, 0.3) is 0 Å². The van der Waals surface area contributed by atoms with Crippen LogP contribution in [0.5, 0.6) is 5.88 Å². The van der Waals surface area contributed by atoms with Crippen molar-refractivity contribution < 1.29 is 14.3 Å². The number of nitrogens with one attached hydrogen (secondary N) is 1. The van der Waals surface area contributed by atoms with E-state index in [0.29, 0.717) is 13.2 Å². The predicted octanol–water partition coefficient (Wildman–Crippen LogP) is 1.34. The lowest BCUT2D eigenvalue weighted by molar-refractivity contribution is 0.0519. The van der Waals surface area contributed by atoms with Gasteiger partial charge in [0, 0.05) is 12.6 Å². The van der Waals surface area contributed by atoms with E-state index < -0.39 is 11.7 Å². The maximum Gasteiger partial charge on any atom is 0.407 e. The third-order valence-electron chi connectivity index (χ3n) is 2.28. The van der Waals surface area contributed by atoms with E-state index in [-0.39, 0.29) is 6.04 Å². The van der Waals surface area contributed by atoms with Crippen LogP contribution >= 0.6 is 0 Å². The minimum Gasteiger partial charge on any atom is -0.475 e. The number of amides is 1. The number of hydrogen-bond donors (Lipinski definition) is 1. The third-order valence-corrected chi connectivity index (χ3v) is 2.28. The molecular formula is C11H17N3O3. The van der Waals surface area contributed by atoms with Crippen molar-refractivity contribution in [3.63, 3.8) is 0 Å². The molecule has 0 saturated carbocycles. The standard InChI is InChI=1S/C11H17N3O3/c1-11(2,3)17-10(15)12-6-8-7-16-9-4-5-13-14(8)9/h4-5,8H,6-7H2,1-3H3,(H,12,15). The first kappa shape index (κ1) is 11.8. The molecule has 94 valence electrons. The maximum absolute atomic E-state index is 11.5. The molecule has 1 aliphatic rings. The molecule has 1 aromatic heterocycles. The number of rotatable bonds is 2. The molecule has 0 aromatic carbocycles. The van der Waals surface area contributed by atoms with Gasteiger partial charge in [-0.25, -0.2) is 9.48 Å². The van der Waals surface area contributed by atoms with Crippen LogP contribution in [0.25, 0.3) is 0 Å². The number of ether oxygens (including phenoxy) is 2. The van der Waals surface area contributed by atoms with E-state index in [1.165, 1.54) is 0 Å². The van der Waals surface area contributed by atoms with Crippen molar-refractivity contribution >= 4 is 6.09 Å². The molecule has 1 amide bonds. The van der Waals surface area contributed by atoms with E-state index in [4.69, 9.17) is 9.47 Å². The summed E-state index contributed by atoms with van der Waals surface area (Å²) in [5, 5.41) is 6.84. The van der Waals surface area contributed by atoms with E-state index in [1.807, 2.05) is 20.8 Å². The first-order chi connectivity index (χ1) is 7.96. The van der Waals surface area contributed by atoms with Crippen LogP contribution in [0.4, 0.5) is 4.79 Å². The first-order valence-electron chi connectivity index (χ1n) is 5.59. The maximum atomic E-state index is 11.5. The largest absolute Gasteiger partial charge is 0.475 e. The number of alkyl carbamates (subject to hydrolysis) is 1. The lowest BCUT2D eigenvalue weighted by Crippen LogP contribution is -2.36. The Morgan fingerprint density at radius 1 is 1.71 bits per heavy atom. The molecule has 1 N–H and O–H groups in total. The molecule has 1 unspecified atom stereocenters. The minimum absolute atomic E-state index is 0.0347. The fourth-order valence-corrected chi connectivity index (χ4v) is 1.60. The molecule has 0 aliphatic carbocycles. The van der Waals surface area contributed by atoms with Crippen LogP contribution in [0.15, 0.2) is 12.3 Å². The van der Waals surface area contributed by atoms with Crippen molar-refractivity contribution in [3.05, 3.63) is 12.3 Å². The van der Waals surface area contributed by atoms with Crippen LogP contribution < -0.4 is 10.1 Å². The van der Waals surface area contributed by atoms with Gasteiger partial charge >= 0.3 is 6.09 Å². The van der Waals surface area contributed by atoms with Crippen LogP contribution in [0.2, 0.25) is 0 Å². The quantitative estimate of drug-likeness (QED) is 0.845. The highest BCUT2D eigenvalue weighted by molar-refractivity contribution is 5.67. The van der Waals surface area contributed by atoms with Gasteiger partial charge in [-0.3, -0.25) is 0 Å². The van der Waals surface area contributed by atoms with Crippen LogP contribution in [0.1, 0.15) is 26.8 Å². The van der Waals surface area contributed by atoms with Crippen LogP contribution in [-0.2, 0) is 4.74 Å². The Morgan fingerprint density at radius 2 is 2.47 bits per heavy atom. The molecule has 0 fully saturated rings. The number of fused-ring (bicyclic) bond motifs is 1. The summed E-state index contributed by atoms with van der Waals surface area (Å²) >= 11 is 0. The van der Waals surface area contributed by atoms with Gasteiger partial charge in [-0.15, -0.1) is 0 Å². The zero-order chi connectivity index (χ0) is 12.5. The van der Waals surface area contributed by atoms with E-state index in [2.05, 4.69) is 10.4 Å². The van der Waals surface area contributed by atoms with E-state index in [9.17, 15) is 4.79 Å². The van der Waals surface area contributed by atoms with Crippen LogP contribution in [0.3, 0.4) is 0 Å². The molecule has 1 atom stereocenters. The first-order valence-corrected chi connectivity index (χ1v) is 5.59. The Bertz CT molecular complexity index is 408. The monoisotopic (exact) mass is 239 g/mol. The van der Waals surface area contributed by atoms with Crippen molar-refractivity contribution in [1.82, 2.24) is 15.1 Å². The fourth-order valence-electron chi connectivity index (χ4n) is 1.60. The average Bonchev–Trinajstić information content (AvgIpc) is 2.73. The van der Waals surface area contributed by atoms with E-state index in [0.717, 1.165) is 5.88 Å². The smallest absolute Gasteiger partial charge is 0.407 e. The summed E-state index contributed by atoms with van der Waals surface area (Å²) in [5.41, 5.74) is -0.479. The molecule has 1 aliphatic heterocycles. The third kappa shape index (κ3) is 2.89. The molecule has 0 radical (unpaired) electrons. The zero-order valence-electron chi connectivity index (χ0n) is 10.3. The van der Waals surface area contributed by atoms with Gasteiger partial charge in [-0.1, -0.05) is 0 Å². The summed E-state index contributed by atoms with van der Waals surface area (Å²) in [6.45, 7) is 6.47. The van der Waals surface area contributed by atoms with Gasteiger partial charge in [0.1, 0.15) is 18.2 Å². The minimum atomic E-state index is -0.479. The second-order valence-electron chi connectivity index (χ2n) is 4.96. The molecule has 0 spiro atoms. The van der Waals surface area contributed by atoms with Gasteiger partial charge in [0.2, 0.25) is 5.88 Å². The summed E-state index contributed by atoms with van der Waals surface area (Å²) in [6, 6.07) is 1.83. The molecule has 6 nitrogen and oxygen atoms in total. The Kier molecular flexibility index (Phi) is 2.95. The summed E-state index contributed by atoms with van der Waals surface area (Å²) < 4.78 is 12.3. The summed E-state index contributed by atoms with van der Waals surface area (Å²) in [4.78, 5) is 11.5. The van der Waals surface area contributed by atoms with E-state index in [1.54, 1.807) is 16.9 Å². The highest BCUT2D eigenvalue weighted by atomic mass is 16.6. The molecule has 17 heavy (non-hydrogen) atoms. The second kappa shape index (κ2) is 4.27. The number of carbonyl (C=O) groups excluding carboxylic acids is 1. The molecule has 6 heteroatoms. The number of carbonyl (C=O) groups is 1. The average molecular weight is 239 g/mol. The predicted molar refractivity (Wildman–Crippen MR) is 61.0 cm³/mol. The number of hydrogen-bond acceptors (Lipinski definition) is 4. The normalized spacial score (nSPS) is 18.4. The Morgan fingerprint density at radius 3 is 3.18 bits per heavy atom. The van der Waals surface area contributed by atoms with E-state index >= 15 is 0 Å². The Labute approximate surface area is 99.9 Å². The van der Waals surface area contributed by atoms with Crippen molar-refractivity contribution in [1.29, 1.82) is 0 Å². The van der Waals surface area contributed by atoms with Crippen LogP contribution in [0, 0.1) is 0 Å². The van der Waals surface area contributed by atoms with Crippen LogP contribution in [-0.4, -0.2) is 34.6 Å².